The number of hydrogen-bond donors (Lipinski definition) is 1. The minimum atomic E-state index is 0.139. The first-order valence-corrected chi connectivity index (χ1v) is 9.80. The zero-order valence-electron chi connectivity index (χ0n) is 14.8. The number of nitrogens with one attached hydrogen (secondary N) is 1. The molecule has 0 spiro atoms. The van der Waals surface area contributed by atoms with Gasteiger partial charge in [-0.1, -0.05) is 19.3 Å². The fraction of sp³-hybridized carbons (Fsp3) is 0.789. The third-order valence-corrected chi connectivity index (χ3v) is 6.10. The van der Waals surface area contributed by atoms with Gasteiger partial charge in [0, 0.05) is 30.9 Å². The van der Waals surface area contributed by atoms with Gasteiger partial charge in [-0.05, 0) is 50.9 Å². The molecule has 2 fully saturated rings. The highest BCUT2D eigenvalue weighted by atomic mass is 16.2. The van der Waals surface area contributed by atoms with E-state index in [1.165, 1.54) is 56.2 Å². The van der Waals surface area contributed by atoms with Crippen LogP contribution in [-0.4, -0.2) is 33.3 Å². The zero-order valence-corrected chi connectivity index (χ0v) is 14.8. The van der Waals surface area contributed by atoms with E-state index in [-0.39, 0.29) is 12.1 Å². The Bertz CT molecular complexity index is 586. The first-order valence-electron chi connectivity index (χ1n) is 9.80. The Labute approximate surface area is 144 Å². The molecule has 2 amide bonds. The van der Waals surface area contributed by atoms with Crippen molar-refractivity contribution in [2.45, 2.75) is 76.3 Å². The second-order valence-electron chi connectivity index (χ2n) is 7.95. The van der Waals surface area contributed by atoms with Gasteiger partial charge >= 0.3 is 6.03 Å². The average molecular weight is 330 g/mol. The number of aromatic nitrogens is 2. The summed E-state index contributed by atoms with van der Waals surface area (Å²) in [6.45, 7) is 0.961. The summed E-state index contributed by atoms with van der Waals surface area (Å²) < 4.78 is 1.97. The SMILES string of the molecule is Cn1ncc2c1CCC[C@@H]2NC(=O)N(CC1CC1)C1CCCCC1. The van der Waals surface area contributed by atoms with Crippen molar-refractivity contribution >= 4 is 6.03 Å². The molecule has 0 aliphatic heterocycles. The molecule has 0 unspecified atom stereocenters. The summed E-state index contributed by atoms with van der Waals surface area (Å²) in [7, 11) is 2.00. The van der Waals surface area contributed by atoms with Crippen molar-refractivity contribution in [2.75, 3.05) is 6.54 Å². The van der Waals surface area contributed by atoms with E-state index in [1.807, 2.05) is 17.9 Å². The lowest BCUT2D eigenvalue weighted by atomic mass is 9.92. The van der Waals surface area contributed by atoms with Crippen LogP contribution in [0.25, 0.3) is 0 Å². The fourth-order valence-corrected chi connectivity index (χ4v) is 4.46. The second-order valence-corrected chi connectivity index (χ2v) is 7.95. The average Bonchev–Trinajstić information content (AvgIpc) is 3.35. The van der Waals surface area contributed by atoms with Crippen LogP contribution < -0.4 is 5.32 Å². The van der Waals surface area contributed by atoms with Gasteiger partial charge in [0.05, 0.1) is 12.2 Å². The number of carbonyl (C=O) groups is 1. The molecule has 1 heterocycles. The van der Waals surface area contributed by atoms with E-state index in [2.05, 4.69) is 15.3 Å². The van der Waals surface area contributed by atoms with Crippen LogP contribution in [0.2, 0.25) is 0 Å². The number of urea groups is 1. The molecule has 4 rings (SSSR count). The summed E-state index contributed by atoms with van der Waals surface area (Å²) in [5.74, 6) is 0.748. The molecule has 1 atom stereocenters. The monoisotopic (exact) mass is 330 g/mol. The maximum absolute atomic E-state index is 13.1. The van der Waals surface area contributed by atoms with Crippen LogP contribution in [0, 0.1) is 5.92 Å². The summed E-state index contributed by atoms with van der Waals surface area (Å²) >= 11 is 0. The molecular formula is C19H30N4O. The van der Waals surface area contributed by atoms with Gasteiger partial charge in [-0.3, -0.25) is 4.68 Å². The molecular weight excluding hydrogens is 300 g/mol. The Morgan fingerprint density at radius 3 is 2.75 bits per heavy atom. The van der Waals surface area contributed by atoms with Gasteiger partial charge < -0.3 is 10.2 Å². The van der Waals surface area contributed by atoms with Crippen LogP contribution in [0.5, 0.6) is 0 Å². The van der Waals surface area contributed by atoms with Crippen molar-refractivity contribution in [3.8, 4) is 0 Å². The number of nitrogens with zero attached hydrogens (tertiary/aromatic N) is 3. The van der Waals surface area contributed by atoms with Gasteiger partial charge in [0.15, 0.2) is 0 Å². The summed E-state index contributed by atoms with van der Waals surface area (Å²) in [4.78, 5) is 15.3. The third-order valence-electron chi connectivity index (χ3n) is 6.10. The van der Waals surface area contributed by atoms with Gasteiger partial charge in [0.2, 0.25) is 0 Å². The molecule has 5 heteroatoms. The van der Waals surface area contributed by atoms with Gasteiger partial charge in [-0.25, -0.2) is 4.79 Å². The maximum Gasteiger partial charge on any atom is 0.318 e. The number of aryl methyl sites for hydroxylation is 1. The van der Waals surface area contributed by atoms with Gasteiger partial charge in [0.1, 0.15) is 0 Å². The Morgan fingerprint density at radius 1 is 1.21 bits per heavy atom. The molecule has 5 nitrogen and oxygen atoms in total. The molecule has 1 aromatic rings. The summed E-state index contributed by atoms with van der Waals surface area (Å²) in [6, 6.07) is 0.757. The molecule has 0 bridgehead atoms. The first-order chi connectivity index (χ1) is 11.7. The van der Waals surface area contributed by atoms with E-state index in [4.69, 9.17) is 0 Å². The van der Waals surface area contributed by atoms with Crippen molar-refractivity contribution in [3.05, 3.63) is 17.5 Å². The maximum atomic E-state index is 13.1. The van der Waals surface area contributed by atoms with Crippen molar-refractivity contribution in [1.29, 1.82) is 0 Å². The lowest BCUT2D eigenvalue weighted by Gasteiger charge is -2.36. The number of fused-ring (bicyclic) bond motifs is 1. The van der Waals surface area contributed by atoms with E-state index >= 15 is 0 Å². The summed E-state index contributed by atoms with van der Waals surface area (Å²) in [5, 5.41) is 7.75. The Morgan fingerprint density at radius 2 is 2.00 bits per heavy atom. The summed E-state index contributed by atoms with van der Waals surface area (Å²) in [6.07, 6.45) is 14.0. The highest BCUT2D eigenvalue weighted by Crippen LogP contribution is 2.34. The Kier molecular flexibility index (Phi) is 4.51. The van der Waals surface area contributed by atoms with Crippen LogP contribution >= 0.6 is 0 Å². The smallest absolute Gasteiger partial charge is 0.318 e. The van der Waals surface area contributed by atoms with Crippen molar-refractivity contribution in [2.24, 2.45) is 13.0 Å². The van der Waals surface area contributed by atoms with Crippen molar-refractivity contribution in [3.63, 3.8) is 0 Å². The van der Waals surface area contributed by atoms with Crippen LogP contribution in [-0.2, 0) is 13.5 Å². The van der Waals surface area contributed by atoms with Crippen LogP contribution in [0.3, 0.4) is 0 Å². The highest BCUT2D eigenvalue weighted by molar-refractivity contribution is 5.75. The van der Waals surface area contributed by atoms with Gasteiger partial charge in [-0.15, -0.1) is 0 Å². The van der Waals surface area contributed by atoms with E-state index in [1.54, 1.807) is 0 Å². The van der Waals surface area contributed by atoms with E-state index in [0.29, 0.717) is 6.04 Å². The fourth-order valence-electron chi connectivity index (χ4n) is 4.46. The number of hydrogen-bond acceptors (Lipinski definition) is 2. The molecule has 0 aromatic carbocycles. The Balaban J connectivity index is 1.46. The minimum absolute atomic E-state index is 0.139. The van der Waals surface area contributed by atoms with E-state index < -0.39 is 0 Å². The van der Waals surface area contributed by atoms with Crippen molar-refractivity contribution in [1.82, 2.24) is 20.0 Å². The van der Waals surface area contributed by atoms with E-state index in [9.17, 15) is 4.79 Å². The van der Waals surface area contributed by atoms with Crippen LogP contribution in [0.15, 0.2) is 6.20 Å². The van der Waals surface area contributed by atoms with Crippen LogP contribution in [0.1, 0.15) is 75.1 Å². The first kappa shape index (κ1) is 16.0. The quantitative estimate of drug-likeness (QED) is 0.918. The molecule has 1 aromatic heterocycles. The van der Waals surface area contributed by atoms with Crippen LogP contribution in [0.4, 0.5) is 4.79 Å². The lowest BCUT2D eigenvalue weighted by Crippen LogP contribution is -2.49. The normalized spacial score (nSPS) is 24.5. The predicted molar refractivity (Wildman–Crippen MR) is 93.7 cm³/mol. The second kappa shape index (κ2) is 6.77. The molecule has 132 valence electrons. The summed E-state index contributed by atoms with van der Waals surface area (Å²) in [5.41, 5.74) is 2.52. The third kappa shape index (κ3) is 3.31. The Hall–Kier alpha value is -1.52. The molecule has 1 N–H and O–H groups in total. The molecule has 3 aliphatic carbocycles. The van der Waals surface area contributed by atoms with Gasteiger partial charge in [0.25, 0.3) is 0 Å². The topological polar surface area (TPSA) is 50.2 Å². The lowest BCUT2D eigenvalue weighted by molar-refractivity contribution is 0.148. The largest absolute Gasteiger partial charge is 0.331 e. The molecule has 2 saturated carbocycles. The van der Waals surface area contributed by atoms with Crippen molar-refractivity contribution < 1.29 is 4.79 Å². The number of carbonyl (C=O) groups excluding carboxylic acids is 1. The molecule has 0 saturated heterocycles. The molecule has 0 radical (unpaired) electrons. The minimum Gasteiger partial charge on any atom is -0.331 e. The van der Waals surface area contributed by atoms with E-state index in [0.717, 1.165) is 31.7 Å². The highest BCUT2D eigenvalue weighted by Gasteiger charge is 2.33. The molecule has 24 heavy (non-hydrogen) atoms. The van der Waals surface area contributed by atoms with Gasteiger partial charge in [-0.2, -0.15) is 5.10 Å². The molecule has 3 aliphatic rings. The number of rotatable bonds is 4. The zero-order chi connectivity index (χ0) is 16.5. The number of amides is 2. The predicted octanol–water partition coefficient (Wildman–Crippen LogP) is 3.55. The standard InChI is InChI=1S/C19H30N4O/c1-22-18-9-5-8-17(16(18)12-20-22)21-19(24)23(13-14-10-11-14)15-6-3-2-4-7-15/h12,14-15,17H,2-11,13H2,1H3,(H,21,24)/t17-/m0/s1.